The lowest BCUT2D eigenvalue weighted by Crippen LogP contribution is -2.05. The molecule has 3 rings (SSSR count). The molecule has 0 fully saturated rings. The molecule has 27 heavy (non-hydrogen) atoms. The first-order valence-electron chi connectivity index (χ1n) is 8.19. The Labute approximate surface area is 161 Å². The van der Waals surface area contributed by atoms with Gasteiger partial charge in [0.2, 0.25) is 0 Å². The Kier molecular flexibility index (Phi) is 5.64. The van der Waals surface area contributed by atoms with Crippen LogP contribution in [0.3, 0.4) is 0 Å². The second-order valence-corrected chi connectivity index (χ2v) is 6.61. The fraction of sp³-hybridized carbons (Fsp3) is 0.0952. The molecule has 0 atom stereocenters. The van der Waals surface area contributed by atoms with E-state index in [-0.39, 0.29) is 0 Å². The van der Waals surface area contributed by atoms with Crippen molar-refractivity contribution in [3.05, 3.63) is 76.2 Å². The van der Waals surface area contributed by atoms with Crippen molar-refractivity contribution < 1.29 is 9.53 Å². The summed E-state index contributed by atoms with van der Waals surface area (Å²) in [6.45, 7) is 2.03. The number of thiazole rings is 1. The highest BCUT2D eigenvalue weighted by Crippen LogP contribution is 2.26. The van der Waals surface area contributed by atoms with E-state index in [4.69, 9.17) is 4.74 Å². The van der Waals surface area contributed by atoms with E-state index >= 15 is 0 Å². The molecule has 0 amide bonds. The van der Waals surface area contributed by atoms with Crippen molar-refractivity contribution in [1.29, 1.82) is 5.26 Å². The van der Waals surface area contributed by atoms with Gasteiger partial charge in [0.05, 0.1) is 24.1 Å². The van der Waals surface area contributed by atoms with Gasteiger partial charge in [-0.2, -0.15) is 5.26 Å². The molecule has 5 nitrogen and oxygen atoms in total. The first kappa shape index (κ1) is 18.4. The van der Waals surface area contributed by atoms with Crippen LogP contribution in [0.25, 0.3) is 16.8 Å². The number of allylic oxidation sites excluding steroid dienone is 1. The lowest BCUT2D eigenvalue weighted by atomic mass is 10.1. The van der Waals surface area contributed by atoms with E-state index in [1.54, 1.807) is 30.5 Å². The summed E-state index contributed by atoms with van der Waals surface area (Å²) < 4.78 is 4.78. The minimum absolute atomic E-state index is 0.387. The number of carbonyl (C=O) groups excluding carboxylic acids is 1. The molecule has 0 spiro atoms. The van der Waals surface area contributed by atoms with Crippen LogP contribution < -0.4 is 5.32 Å². The summed E-state index contributed by atoms with van der Waals surface area (Å²) in [5.41, 5.74) is 4.36. The topological polar surface area (TPSA) is 75.0 Å². The zero-order valence-electron chi connectivity index (χ0n) is 14.9. The summed E-state index contributed by atoms with van der Waals surface area (Å²) in [7, 11) is 1.33. The number of nitriles is 1. The second kappa shape index (κ2) is 8.30. The van der Waals surface area contributed by atoms with Crippen molar-refractivity contribution in [2.75, 3.05) is 12.4 Å². The second-order valence-electron chi connectivity index (χ2n) is 5.76. The third-order valence-electron chi connectivity index (χ3n) is 3.91. The summed E-state index contributed by atoms with van der Waals surface area (Å²) in [6, 6.07) is 17.2. The highest BCUT2D eigenvalue weighted by atomic mass is 32.1. The Morgan fingerprint density at radius 2 is 1.96 bits per heavy atom. The van der Waals surface area contributed by atoms with Crippen LogP contribution in [0.5, 0.6) is 0 Å². The monoisotopic (exact) mass is 375 g/mol. The average Bonchev–Trinajstić information content (AvgIpc) is 3.18. The van der Waals surface area contributed by atoms with Crippen LogP contribution in [0, 0.1) is 18.3 Å². The van der Waals surface area contributed by atoms with Gasteiger partial charge < -0.3 is 10.1 Å². The fourth-order valence-corrected chi connectivity index (χ4v) is 3.24. The number of esters is 1. The number of benzene rings is 2. The molecule has 0 aliphatic rings. The molecule has 3 aromatic rings. The number of para-hydroxylation sites is 1. The zero-order valence-corrected chi connectivity index (χ0v) is 15.7. The third-order valence-corrected chi connectivity index (χ3v) is 4.78. The van der Waals surface area contributed by atoms with Gasteiger partial charge in [0.25, 0.3) is 0 Å². The molecule has 0 unspecified atom stereocenters. The molecule has 134 valence electrons. The molecular formula is C21H17N3O2S. The van der Waals surface area contributed by atoms with Crippen LogP contribution in [-0.2, 0) is 4.74 Å². The van der Waals surface area contributed by atoms with Crippen molar-refractivity contribution in [2.24, 2.45) is 0 Å². The van der Waals surface area contributed by atoms with Gasteiger partial charge in [-0.25, -0.2) is 9.78 Å². The Morgan fingerprint density at radius 1 is 1.22 bits per heavy atom. The number of methoxy groups -OCH3 is 1. The quantitative estimate of drug-likeness (QED) is 0.508. The van der Waals surface area contributed by atoms with Crippen LogP contribution in [0.1, 0.15) is 20.9 Å². The Hall–Kier alpha value is -3.43. The minimum atomic E-state index is -0.444. The molecule has 1 heterocycles. The predicted octanol–water partition coefficient (Wildman–Crippen LogP) is 4.88. The first-order valence-corrected chi connectivity index (χ1v) is 9.07. The van der Waals surface area contributed by atoms with Gasteiger partial charge in [0.1, 0.15) is 16.6 Å². The van der Waals surface area contributed by atoms with Gasteiger partial charge in [-0.1, -0.05) is 42.0 Å². The number of carbonyl (C=O) groups is 1. The summed E-state index contributed by atoms with van der Waals surface area (Å²) >= 11 is 1.40. The molecular weight excluding hydrogens is 358 g/mol. The van der Waals surface area contributed by atoms with Crippen LogP contribution in [-0.4, -0.2) is 18.1 Å². The fourth-order valence-electron chi connectivity index (χ4n) is 2.44. The van der Waals surface area contributed by atoms with Crippen molar-refractivity contribution >= 4 is 28.6 Å². The van der Waals surface area contributed by atoms with E-state index in [1.807, 2.05) is 36.6 Å². The van der Waals surface area contributed by atoms with E-state index in [2.05, 4.69) is 16.4 Å². The molecule has 1 aromatic heterocycles. The Balaban J connectivity index is 1.85. The molecule has 0 saturated carbocycles. The third kappa shape index (κ3) is 4.22. The number of hydrogen-bond acceptors (Lipinski definition) is 6. The largest absolute Gasteiger partial charge is 0.465 e. The van der Waals surface area contributed by atoms with Crippen molar-refractivity contribution in [3.8, 4) is 17.3 Å². The summed E-state index contributed by atoms with van der Waals surface area (Å²) in [5.74, 6) is -0.444. The van der Waals surface area contributed by atoms with Crippen LogP contribution in [0.2, 0.25) is 0 Å². The predicted molar refractivity (Wildman–Crippen MR) is 107 cm³/mol. The first-order chi connectivity index (χ1) is 13.1. The van der Waals surface area contributed by atoms with Gasteiger partial charge in [-0.3, -0.25) is 0 Å². The van der Waals surface area contributed by atoms with Gasteiger partial charge in [-0.15, -0.1) is 11.3 Å². The number of nitrogens with one attached hydrogen (secondary N) is 1. The number of aromatic nitrogens is 1. The van der Waals surface area contributed by atoms with E-state index in [9.17, 15) is 10.1 Å². The molecule has 0 aliphatic carbocycles. The highest BCUT2D eigenvalue weighted by molar-refractivity contribution is 7.11. The van der Waals surface area contributed by atoms with E-state index in [0.29, 0.717) is 21.8 Å². The van der Waals surface area contributed by atoms with Gasteiger partial charge in [0, 0.05) is 17.1 Å². The normalized spacial score (nSPS) is 10.9. The summed E-state index contributed by atoms with van der Waals surface area (Å²) in [4.78, 5) is 16.4. The van der Waals surface area contributed by atoms with Gasteiger partial charge in [-0.05, 0) is 19.1 Å². The standard InChI is InChI=1S/C21H17N3O2S/c1-14-7-9-15(10-8-14)19-13-27-20(24-19)16(11-22)12-23-18-6-4-3-5-17(18)21(25)26-2/h3-10,12-13,23H,1-2H3/b16-12+. The molecule has 0 aliphatic heterocycles. The zero-order chi connectivity index (χ0) is 19.2. The maximum absolute atomic E-state index is 11.8. The molecule has 1 N–H and O–H groups in total. The highest BCUT2D eigenvalue weighted by Gasteiger charge is 2.12. The number of aryl methyl sites for hydroxylation is 1. The summed E-state index contributed by atoms with van der Waals surface area (Å²) in [6.07, 6.45) is 1.56. The summed E-state index contributed by atoms with van der Waals surface area (Å²) in [5, 5.41) is 15.1. The maximum atomic E-state index is 11.8. The van der Waals surface area contributed by atoms with E-state index < -0.39 is 5.97 Å². The van der Waals surface area contributed by atoms with Gasteiger partial charge >= 0.3 is 5.97 Å². The van der Waals surface area contributed by atoms with Crippen LogP contribution >= 0.6 is 11.3 Å². The maximum Gasteiger partial charge on any atom is 0.339 e. The number of ether oxygens (including phenoxy) is 1. The average molecular weight is 375 g/mol. The molecule has 2 aromatic carbocycles. The molecule has 6 heteroatoms. The molecule has 0 radical (unpaired) electrons. The van der Waals surface area contributed by atoms with Crippen molar-refractivity contribution in [3.63, 3.8) is 0 Å². The number of hydrogen-bond donors (Lipinski definition) is 1. The SMILES string of the molecule is COC(=O)c1ccccc1N/C=C(\C#N)c1nc(-c2ccc(C)cc2)cs1. The van der Waals surface area contributed by atoms with Crippen molar-refractivity contribution in [2.45, 2.75) is 6.92 Å². The lowest BCUT2D eigenvalue weighted by molar-refractivity contribution is 0.0602. The van der Waals surface area contributed by atoms with Crippen molar-refractivity contribution in [1.82, 2.24) is 4.98 Å². The Morgan fingerprint density at radius 3 is 2.67 bits per heavy atom. The Bertz CT molecular complexity index is 1030. The number of rotatable bonds is 5. The minimum Gasteiger partial charge on any atom is -0.465 e. The lowest BCUT2D eigenvalue weighted by Gasteiger charge is -2.07. The van der Waals surface area contributed by atoms with E-state index in [1.165, 1.54) is 24.0 Å². The van der Waals surface area contributed by atoms with Crippen LogP contribution in [0.15, 0.2) is 60.1 Å². The number of nitrogens with zero attached hydrogens (tertiary/aromatic N) is 2. The molecule has 0 bridgehead atoms. The smallest absolute Gasteiger partial charge is 0.339 e. The van der Waals surface area contributed by atoms with E-state index in [0.717, 1.165) is 11.3 Å². The number of anilines is 1. The van der Waals surface area contributed by atoms with Gasteiger partial charge in [0.15, 0.2) is 0 Å². The van der Waals surface area contributed by atoms with Crippen LogP contribution in [0.4, 0.5) is 5.69 Å². The molecule has 0 saturated heterocycles.